The number of nitrogens with zero attached hydrogens (tertiary/aromatic N) is 1. The molecule has 2 N–H and O–H groups in total. The number of nitrogens with two attached hydrogens (primary N) is 1. The van der Waals surface area contributed by atoms with E-state index >= 15 is 0 Å². The Morgan fingerprint density at radius 1 is 1.39 bits per heavy atom. The van der Waals surface area contributed by atoms with E-state index in [1.165, 1.54) is 10.4 Å². The number of primary amides is 1. The minimum atomic E-state index is -3.17. The fourth-order valence-corrected chi connectivity index (χ4v) is 3.45. The summed E-state index contributed by atoms with van der Waals surface area (Å²) < 4.78 is 24.9. The zero-order valence-corrected chi connectivity index (χ0v) is 10.6. The van der Waals surface area contributed by atoms with Crippen molar-refractivity contribution in [3.05, 3.63) is 35.9 Å². The molecule has 1 aliphatic rings. The highest BCUT2D eigenvalue weighted by atomic mass is 32.2. The van der Waals surface area contributed by atoms with Crippen LogP contribution in [0.5, 0.6) is 0 Å². The van der Waals surface area contributed by atoms with E-state index in [1.54, 1.807) is 30.3 Å². The molecule has 1 heterocycles. The summed E-state index contributed by atoms with van der Waals surface area (Å²) in [7, 11) is -3.17. The molecule has 96 valence electrons. The molecule has 1 aromatic carbocycles. The minimum absolute atomic E-state index is 0.189. The van der Waals surface area contributed by atoms with E-state index in [9.17, 15) is 13.2 Å². The molecule has 1 fully saturated rings. The quantitative estimate of drug-likeness (QED) is 0.819. The average Bonchev–Trinajstić information content (AvgIpc) is 2.67. The zero-order valence-electron chi connectivity index (χ0n) is 9.74. The number of hydrogen-bond donors (Lipinski definition) is 1. The summed E-state index contributed by atoms with van der Waals surface area (Å²) in [6.45, 7) is 0.505. The molecule has 1 aliphatic heterocycles. The molecule has 0 radical (unpaired) electrons. The van der Waals surface area contributed by atoms with Crippen molar-refractivity contribution in [2.45, 2.75) is 6.42 Å². The van der Waals surface area contributed by atoms with Crippen LogP contribution in [0.2, 0.25) is 0 Å². The highest BCUT2D eigenvalue weighted by Crippen LogP contribution is 2.24. The summed E-state index contributed by atoms with van der Waals surface area (Å²) in [4.78, 5) is 10.6. The Balaban J connectivity index is 2.30. The van der Waals surface area contributed by atoms with Crippen LogP contribution in [0.15, 0.2) is 30.3 Å². The lowest BCUT2D eigenvalue weighted by Crippen LogP contribution is -2.24. The molecule has 0 atom stereocenters. The third-order valence-electron chi connectivity index (χ3n) is 2.70. The number of hydrogen-bond acceptors (Lipinski definition) is 3. The normalized spacial score (nSPS) is 18.3. The summed E-state index contributed by atoms with van der Waals surface area (Å²) >= 11 is 0. The summed E-state index contributed by atoms with van der Waals surface area (Å²) in [6.07, 6.45) is 3.45. The maximum absolute atomic E-state index is 11.8. The van der Waals surface area contributed by atoms with Gasteiger partial charge in [-0.25, -0.2) is 8.42 Å². The van der Waals surface area contributed by atoms with Crippen LogP contribution in [0, 0.1) is 0 Å². The molecule has 0 spiro atoms. The average molecular weight is 266 g/mol. The smallest absolute Gasteiger partial charge is 0.241 e. The number of anilines is 1. The van der Waals surface area contributed by atoms with Gasteiger partial charge in [-0.1, -0.05) is 12.1 Å². The number of carbonyl (C=O) groups excluding carboxylic acids is 1. The van der Waals surface area contributed by atoms with Gasteiger partial charge in [-0.2, -0.15) is 0 Å². The van der Waals surface area contributed by atoms with E-state index in [0.29, 0.717) is 18.7 Å². The number of amides is 1. The molecular formula is C12H14N2O3S. The summed E-state index contributed by atoms with van der Waals surface area (Å²) in [5.41, 5.74) is 6.38. The Labute approximate surface area is 106 Å². The predicted octanol–water partition coefficient (Wildman–Crippen LogP) is 0.725. The lowest BCUT2D eigenvalue weighted by atomic mass is 10.2. The Kier molecular flexibility index (Phi) is 3.38. The van der Waals surface area contributed by atoms with E-state index in [4.69, 9.17) is 5.73 Å². The van der Waals surface area contributed by atoms with Crippen LogP contribution >= 0.6 is 0 Å². The van der Waals surface area contributed by atoms with Gasteiger partial charge in [-0.15, -0.1) is 0 Å². The first-order valence-corrected chi connectivity index (χ1v) is 7.18. The van der Waals surface area contributed by atoms with Crippen LogP contribution in [0.25, 0.3) is 6.08 Å². The van der Waals surface area contributed by atoms with Crippen molar-refractivity contribution in [3.63, 3.8) is 0 Å². The molecule has 0 unspecified atom stereocenters. The second-order valence-corrected chi connectivity index (χ2v) is 6.09. The van der Waals surface area contributed by atoms with Gasteiger partial charge in [0.05, 0.1) is 11.4 Å². The van der Waals surface area contributed by atoms with Gasteiger partial charge in [0, 0.05) is 12.6 Å². The Hall–Kier alpha value is -1.82. The fourth-order valence-electron chi connectivity index (χ4n) is 1.89. The van der Waals surface area contributed by atoms with Crippen molar-refractivity contribution < 1.29 is 13.2 Å². The third kappa shape index (κ3) is 2.70. The van der Waals surface area contributed by atoms with Gasteiger partial charge < -0.3 is 5.73 Å². The van der Waals surface area contributed by atoms with Gasteiger partial charge in [-0.3, -0.25) is 9.10 Å². The lowest BCUT2D eigenvalue weighted by molar-refractivity contribution is -0.113. The third-order valence-corrected chi connectivity index (χ3v) is 4.57. The number of carbonyl (C=O) groups is 1. The first-order chi connectivity index (χ1) is 8.49. The van der Waals surface area contributed by atoms with Crippen LogP contribution < -0.4 is 10.0 Å². The summed E-state index contributed by atoms with van der Waals surface area (Å²) in [5, 5.41) is 0. The molecule has 0 bridgehead atoms. The van der Waals surface area contributed by atoms with E-state index in [0.717, 1.165) is 5.56 Å². The first kappa shape index (κ1) is 12.6. The summed E-state index contributed by atoms with van der Waals surface area (Å²) in [6, 6.07) is 7.00. The molecular weight excluding hydrogens is 252 g/mol. The van der Waals surface area contributed by atoms with Gasteiger partial charge in [0.2, 0.25) is 15.9 Å². The number of benzene rings is 1. The SMILES string of the molecule is NC(=O)C=Cc1cccc(N2CCCS2(=O)=O)c1. The van der Waals surface area contributed by atoms with Crippen molar-refractivity contribution in [1.82, 2.24) is 0 Å². The Morgan fingerprint density at radius 3 is 2.78 bits per heavy atom. The van der Waals surface area contributed by atoms with E-state index in [2.05, 4.69) is 0 Å². The van der Waals surface area contributed by atoms with Crippen LogP contribution in [-0.4, -0.2) is 26.6 Å². The number of rotatable bonds is 3. The summed E-state index contributed by atoms with van der Waals surface area (Å²) in [5.74, 6) is -0.344. The van der Waals surface area contributed by atoms with Gasteiger partial charge >= 0.3 is 0 Å². The van der Waals surface area contributed by atoms with Crippen LogP contribution in [0.1, 0.15) is 12.0 Å². The van der Waals surface area contributed by atoms with Crippen LogP contribution in [-0.2, 0) is 14.8 Å². The maximum Gasteiger partial charge on any atom is 0.241 e. The minimum Gasteiger partial charge on any atom is -0.366 e. The molecule has 18 heavy (non-hydrogen) atoms. The van der Waals surface area contributed by atoms with Crippen molar-refractivity contribution in [1.29, 1.82) is 0 Å². The van der Waals surface area contributed by atoms with Crippen LogP contribution in [0.3, 0.4) is 0 Å². The van der Waals surface area contributed by atoms with Gasteiger partial charge in [-0.05, 0) is 30.2 Å². The monoisotopic (exact) mass is 266 g/mol. The topological polar surface area (TPSA) is 80.5 Å². The molecule has 1 saturated heterocycles. The van der Waals surface area contributed by atoms with Crippen molar-refractivity contribution in [2.24, 2.45) is 5.73 Å². The Bertz CT molecular complexity index is 593. The van der Waals surface area contributed by atoms with Gasteiger partial charge in [0.25, 0.3) is 0 Å². The van der Waals surface area contributed by atoms with E-state index in [1.807, 2.05) is 0 Å². The van der Waals surface area contributed by atoms with Gasteiger partial charge in [0.15, 0.2) is 0 Å². The van der Waals surface area contributed by atoms with Crippen molar-refractivity contribution in [2.75, 3.05) is 16.6 Å². The molecule has 5 nitrogen and oxygen atoms in total. The van der Waals surface area contributed by atoms with Crippen LogP contribution in [0.4, 0.5) is 5.69 Å². The van der Waals surface area contributed by atoms with Crippen molar-refractivity contribution in [3.8, 4) is 0 Å². The molecule has 2 rings (SSSR count). The highest BCUT2D eigenvalue weighted by Gasteiger charge is 2.28. The van der Waals surface area contributed by atoms with Crippen molar-refractivity contribution >= 4 is 27.7 Å². The second kappa shape index (κ2) is 4.81. The fraction of sp³-hybridized carbons (Fsp3) is 0.250. The Morgan fingerprint density at radius 2 is 2.17 bits per heavy atom. The van der Waals surface area contributed by atoms with E-state index in [-0.39, 0.29) is 5.75 Å². The largest absolute Gasteiger partial charge is 0.366 e. The lowest BCUT2D eigenvalue weighted by Gasteiger charge is -2.17. The molecule has 6 heteroatoms. The first-order valence-electron chi connectivity index (χ1n) is 5.57. The maximum atomic E-state index is 11.8. The predicted molar refractivity (Wildman–Crippen MR) is 70.4 cm³/mol. The molecule has 1 aromatic rings. The molecule has 0 saturated carbocycles. The van der Waals surface area contributed by atoms with E-state index < -0.39 is 15.9 Å². The second-order valence-electron chi connectivity index (χ2n) is 4.07. The van der Waals surface area contributed by atoms with Gasteiger partial charge in [0.1, 0.15) is 0 Å². The highest BCUT2D eigenvalue weighted by molar-refractivity contribution is 7.93. The molecule has 0 aliphatic carbocycles. The number of sulfonamides is 1. The standard InChI is InChI=1S/C12H14N2O3S/c13-12(15)6-5-10-3-1-4-11(9-10)14-7-2-8-18(14,16)17/h1,3-6,9H,2,7-8H2,(H2,13,15). The molecule has 1 amide bonds. The zero-order chi connectivity index (χ0) is 13.2. The molecule has 0 aromatic heterocycles.